The molecule has 0 unspecified atom stereocenters. The van der Waals surface area contributed by atoms with E-state index in [0.29, 0.717) is 19.6 Å². The van der Waals surface area contributed by atoms with Gasteiger partial charge >= 0.3 is 0 Å². The number of aryl methyl sites for hydroxylation is 1. The molecule has 0 aliphatic rings. The van der Waals surface area contributed by atoms with Crippen molar-refractivity contribution in [3.63, 3.8) is 0 Å². The molecule has 0 spiro atoms. The van der Waals surface area contributed by atoms with Crippen molar-refractivity contribution >= 4 is 34.2 Å². The van der Waals surface area contributed by atoms with Gasteiger partial charge < -0.3 is 20.1 Å². The molecule has 1 heterocycles. The van der Waals surface area contributed by atoms with Crippen LogP contribution in [0, 0.1) is 0 Å². The van der Waals surface area contributed by atoms with E-state index in [4.69, 9.17) is 10.5 Å². The van der Waals surface area contributed by atoms with Crippen molar-refractivity contribution in [1.29, 1.82) is 0 Å². The summed E-state index contributed by atoms with van der Waals surface area (Å²) in [5.41, 5.74) is 7.61. The normalized spacial score (nSPS) is 11.5. The van der Waals surface area contributed by atoms with Crippen LogP contribution in [-0.4, -0.2) is 26.7 Å². The van der Waals surface area contributed by atoms with E-state index < -0.39 is 12.0 Å². The van der Waals surface area contributed by atoms with Crippen molar-refractivity contribution in [3.05, 3.63) is 82.3 Å². The van der Waals surface area contributed by atoms with Crippen LogP contribution in [0.25, 0.3) is 0 Å². The van der Waals surface area contributed by atoms with Crippen LogP contribution < -0.4 is 10.5 Å². The number of hydrogen-bond acceptors (Lipinski definition) is 4. The average molecular weight is 495 g/mol. The quantitative estimate of drug-likeness (QED) is 0.443. The Labute approximate surface area is 190 Å². The number of hydrogen-bond donors (Lipinski definition) is 2. The molecule has 0 aliphatic carbocycles. The predicted molar refractivity (Wildman–Crippen MR) is 122 cm³/mol. The summed E-state index contributed by atoms with van der Waals surface area (Å²) < 4.78 is 8.73. The number of rotatable bonds is 10. The van der Waals surface area contributed by atoms with Crippen molar-refractivity contribution in [2.24, 2.45) is 5.73 Å². The number of ether oxygens (including phenoxy) is 1. The number of amides is 1. The van der Waals surface area contributed by atoms with Crippen molar-refractivity contribution in [2.75, 3.05) is 0 Å². The molecule has 1 atom stereocenters. The summed E-state index contributed by atoms with van der Waals surface area (Å²) in [6.45, 7) is 0.878. The fourth-order valence-corrected chi connectivity index (χ4v) is 3.54. The first-order valence-electron chi connectivity index (χ1n) is 9.46. The largest absolute Gasteiger partial charge is 0.489 e. The van der Waals surface area contributed by atoms with Gasteiger partial charge in [0, 0.05) is 17.2 Å². The SMILES string of the molecule is Cl.NC(=O)c1cn(C[C@@H](O)CCCc2ccccc2OCc2cccc(Br)c2)cn1. The third-order valence-electron chi connectivity index (χ3n) is 4.55. The average Bonchev–Trinajstić information content (AvgIpc) is 3.16. The van der Waals surface area contributed by atoms with E-state index in [2.05, 4.69) is 27.0 Å². The van der Waals surface area contributed by atoms with Gasteiger partial charge in [0.2, 0.25) is 0 Å². The molecule has 0 bridgehead atoms. The topological polar surface area (TPSA) is 90.4 Å². The number of aliphatic hydroxyl groups is 1. The number of aromatic nitrogens is 2. The Bertz CT molecular complexity index is 964. The van der Waals surface area contributed by atoms with Crippen LogP contribution in [0.3, 0.4) is 0 Å². The molecule has 6 nitrogen and oxygen atoms in total. The number of para-hydroxylation sites is 1. The number of nitrogens with two attached hydrogens (primary N) is 1. The van der Waals surface area contributed by atoms with Crippen LogP contribution in [0.1, 0.15) is 34.5 Å². The molecule has 0 saturated carbocycles. The van der Waals surface area contributed by atoms with E-state index in [0.717, 1.165) is 34.2 Å². The number of carbonyl (C=O) groups is 1. The van der Waals surface area contributed by atoms with Gasteiger partial charge in [0.1, 0.15) is 18.1 Å². The molecule has 0 aliphatic heterocycles. The summed E-state index contributed by atoms with van der Waals surface area (Å²) in [5.74, 6) is 0.292. The molecule has 30 heavy (non-hydrogen) atoms. The number of primary amides is 1. The first kappa shape index (κ1) is 23.9. The summed E-state index contributed by atoms with van der Waals surface area (Å²) in [6.07, 6.45) is 4.78. The van der Waals surface area contributed by atoms with Crippen molar-refractivity contribution in [1.82, 2.24) is 9.55 Å². The zero-order chi connectivity index (χ0) is 20.6. The van der Waals surface area contributed by atoms with E-state index >= 15 is 0 Å². The molecule has 160 valence electrons. The molecule has 3 aromatic rings. The van der Waals surface area contributed by atoms with Crippen LogP contribution in [0.15, 0.2) is 65.5 Å². The van der Waals surface area contributed by atoms with Crippen LogP contribution >= 0.6 is 28.3 Å². The maximum Gasteiger partial charge on any atom is 0.268 e. The highest BCUT2D eigenvalue weighted by molar-refractivity contribution is 9.10. The third-order valence-corrected chi connectivity index (χ3v) is 5.04. The van der Waals surface area contributed by atoms with Gasteiger partial charge in [-0.25, -0.2) is 4.98 Å². The maximum absolute atomic E-state index is 11.1. The first-order valence-corrected chi connectivity index (χ1v) is 10.3. The molecule has 0 radical (unpaired) electrons. The van der Waals surface area contributed by atoms with Crippen LogP contribution in [0.5, 0.6) is 5.75 Å². The number of aliphatic hydroxyl groups excluding tert-OH is 1. The van der Waals surface area contributed by atoms with Gasteiger partial charge in [-0.15, -0.1) is 12.4 Å². The highest BCUT2D eigenvalue weighted by Gasteiger charge is 2.10. The van der Waals surface area contributed by atoms with Gasteiger partial charge in [-0.1, -0.05) is 46.3 Å². The monoisotopic (exact) mass is 493 g/mol. The first-order chi connectivity index (χ1) is 14.0. The lowest BCUT2D eigenvalue weighted by Crippen LogP contribution is -2.15. The minimum atomic E-state index is -0.572. The molecule has 8 heteroatoms. The Morgan fingerprint density at radius 3 is 2.77 bits per heavy atom. The molecular weight excluding hydrogens is 470 g/mol. The third kappa shape index (κ3) is 7.16. The van der Waals surface area contributed by atoms with E-state index in [1.807, 2.05) is 42.5 Å². The molecule has 3 N–H and O–H groups in total. The van der Waals surface area contributed by atoms with Crippen LogP contribution in [0.4, 0.5) is 0 Å². The molecule has 3 rings (SSSR count). The van der Waals surface area contributed by atoms with E-state index in [1.165, 1.54) is 6.33 Å². The predicted octanol–water partition coefficient (Wildman–Crippen LogP) is 4.13. The maximum atomic E-state index is 11.1. The Balaban J connectivity index is 0.00000320. The molecule has 0 fully saturated rings. The lowest BCUT2D eigenvalue weighted by atomic mass is 10.0. The Morgan fingerprint density at radius 2 is 2.03 bits per heavy atom. The number of benzene rings is 2. The second-order valence-electron chi connectivity index (χ2n) is 6.89. The standard InChI is InChI=1S/C22H24BrN3O3.ClH/c23-18-8-3-5-16(11-18)14-29-21-10-2-1-6-17(21)7-4-9-19(27)12-26-13-20(22(24)28)25-15-26;/h1-3,5-6,8,10-11,13,15,19,27H,4,7,9,12,14H2,(H2,24,28);1H/t19-;/m0./s1. The Kier molecular flexibility index (Phi) is 9.36. The smallest absolute Gasteiger partial charge is 0.268 e. The summed E-state index contributed by atoms with van der Waals surface area (Å²) in [7, 11) is 0. The number of carbonyl (C=O) groups excluding carboxylic acids is 1. The molecule has 1 amide bonds. The molecule has 1 aromatic heterocycles. The minimum Gasteiger partial charge on any atom is -0.489 e. The highest BCUT2D eigenvalue weighted by Crippen LogP contribution is 2.22. The lowest BCUT2D eigenvalue weighted by molar-refractivity contribution is 0.0995. The second kappa shape index (κ2) is 11.7. The molecule has 2 aromatic carbocycles. The Hall–Kier alpha value is -2.35. The summed E-state index contributed by atoms with van der Waals surface area (Å²) in [6, 6.07) is 16.0. The van der Waals surface area contributed by atoms with E-state index in [1.54, 1.807) is 10.8 Å². The fourth-order valence-electron chi connectivity index (χ4n) is 3.09. The van der Waals surface area contributed by atoms with Crippen molar-refractivity contribution < 1.29 is 14.6 Å². The minimum absolute atomic E-state index is 0. The van der Waals surface area contributed by atoms with Crippen molar-refractivity contribution in [2.45, 2.75) is 38.5 Å². The van der Waals surface area contributed by atoms with Gasteiger partial charge in [0.05, 0.1) is 12.4 Å². The van der Waals surface area contributed by atoms with Gasteiger partial charge in [-0.2, -0.15) is 0 Å². The fraction of sp³-hybridized carbons (Fsp3) is 0.273. The van der Waals surface area contributed by atoms with Gasteiger partial charge in [-0.05, 0) is 48.6 Å². The van der Waals surface area contributed by atoms with Gasteiger partial charge in [0.25, 0.3) is 5.91 Å². The molecular formula is C22H25BrClN3O3. The zero-order valence-electron chi connectivity index (χ0n) is 16.4. The van der Waals surface area contributed by atoms with E-state index in [9.17, 15) is 9.90 Å². The van der Waals surface area contributed by atoms with Gasteiger partial charge in [0.15, 0.2) is 0 Å². The zero-order valence-corrected chi connectivity index (χ0v) is 18.8. The van der Waals surface area contributed by atoms with Crippen LogP contribution in [0.2, 0.25) is 0 Å². The highest BCUT2D eigenvalue weighted by atomic mass is 79.9. The summed E-state index contributed by atoms with van der Waals surface area (Å²) >= 11 is 3.47. The van der Waals surface area contributed by atoms with Crippen molar-refractivity contribution in [3.8, 4) is 5.75 Å². The summed E-state index contributed by atoms with van der Waals surface area (Å²) in [4.78, 5) is 15.0. The number of nitrogens with zero attached hydrogens (tertiary/aromatic N) is 2. The Morgan fingerprint density at radius 1 is 1.23 bits per heavy atom. The van der Waals surface area contributed by atoms with Crippen LogP contribution in [-0.2, 0) is 19.6 Å². The number of halogens is 2. The second-order valence-corrected chi connectivity index (χ2v) is 7.81. The molecule has 0 saturated heterocycles. The van der Waals surface area contributed by atoms with Gasteiger partial charge in [-0.3, -0.25) is 4.79 Å². The lowest BCUT2D eigenvalue weighted by Gasteiger charge is -2.14. The van der Waals surface area contributed by atoms with E-state index in [-0.39, 0.29) is 18.1 Å². The summed E-state index contributed by atoms with van der Waals surface area (Å²) in [5, 5.41) is 10.3. The number of imidazole rings is 1.